The Balaban J connectivity index is 0.00000121. The molecule has 0 fully saturated rings. The molecule has 1 aromatic carbocycles. The summed E-state index contributed by atoms with van der Waals surface area (Å²) in [5.41, 5.74) is 2.30. The van der Waals surface area contributed by atoms with E-state index in [1.165, 1.54) is 6.33 Å². The van der Waals surface area contributed by atoms with E-state index >= 15 is 0 Å². The predicted molar refractivity (Wildman–Crippen MR) is 108 cm³/mol. The number of halogens is 2. The minimum Gasteiger partial charge on any atom is -0.314 e. The maximum Gasteiger partial charge on any atom is 0.326 e. The van der Waals surface area contributed by atoms with Gasteiger partial charge >= 0.3 is 5.69 Å². The second-order valence-electron chi connectivity index (χ2n) is 5.51. The van der Waals surface area contributed by atoms with Gasteiger partial charge in [0.05, 0.1) is 16.6 Å². The van der Waals surface area contributed by atoms with Gasteiger partial charge in [-0.15, -0.1) is 24.8 Å². The van der Waals surface area contributed by atoms with E-state index in [9.17, 15) is 4.79 Å². The van der Waals surface area contributed by atoms with E-state index in [-0.39, 0.29) is 30.5 Å². The molecule has 3 aromatic heterocycles. The zero-order valence-electron chi connectivity index (χ0n) is 14.2. The van der Waals surface area contributed by atoms with E-state index in [0.717, 1.165) is 33.6 Å². The normalized spacial score (nSPS) is 10.4. The van der Waals surface area contributed by atoms with Crippen LogP contribution in [0.2, 0.25) is 0 Å². The minimum absolute atomic E-state index is 0. The summed E-state index contributed by atoms with van der Waals surface area (Å²) in [5.74, 6) is 1.53. The first kappa shape index (κ1) is 19.7. The van der Waals surface area contributed by atoms with Gasteiger partial charge in [0.25, 0.3) is 0 Å². The third-order valence-corrected chi connectivity index (χ3v) is 4.14. The van der Waals surface area contributed by atoms with Crippen molar-refractivity contribution < 1.29 is 0 Å². The Morgan fingerprint density at radius 3 is 2.65 bits per heavy atom. The van der Waals surface area contributed by atoms with Crippen LogP contribution in [0.1, 0.15) is 6.92 Å². The predicted octanol–water partition coefficient (Wildman–Crippen LogP) is 3.30. The molecular formula is C17H18Cl2N6O. The van der Waals surface area contributed by atoms with Gasteiger partial charge in [0.2, 0.25) is 0 Å². The zero-order chi connectivity index (χ0) is 16.7. The number of hydrogen-bond acceptors (Lipinski definition) is 5. The Labute approximate surface area is 161 Å². The van der Waals surface area contributed by atoms with Crippen molar-refractivity contribution in [3.8, 4) is 0 Å². The molecule has 0 aliphatic carbocycles. The number of imidazole rings is 1. The number of nitrogens with zero attached hydrogens (tertiary/aromatic N) is 5. The van der Waals surface area contributed by atoms with Gasteiger partial charge < -0.3 is 9.88 Å². The molecule has 4 aromatic rings. The number of anilines is 2. The molecule has 0 bridgehead atoms. The van der Waals surface area contributed by atoms with Crippen LogP contribution in [-0.2, 0) is 6.54 Å². The Bertz CT molecular complexity index is 1090. The molecule has 3 heterocycles. The van der Waals surface area contributed by atoms with Crippen molar-refractivity contribution in [3.63, 3.8) is 0 Å². The lowest BCUT2D eigenvalue weighted by Crippen LogP contribution is -2.15. The summed E-state index contributed by atoms with van der Waals surface area (Å²) >= 11 is 0. The first-order chi connectivity index (χ1) is 11.7. The Morgan fingerprint density at radius 1 is 1.15 bits per heavy atom. The number of hydrogen-bond donors (Lipinski definition) is 1. The lowest BCUT2D eigenvalue weighted by atomic mass is 10.2. The molecule has 7 nitrogen and oxygen atoms in total. The van der Waals surface area contributed by atoms with Crippen molar-refractivity contribution in [2.24, 2.45) is 0 Å². The maximum absolute atomic E-state index is 12.0. The number of rotatable bonds is 3. The standard InChI is InChI=1S/C17H16N6O.2ClH/c1-3-23-14-9-12-11(8-13(14)21-17(23)24)16(20-10-19-12)22(2)15-6-4-5-7-18-15;;/h4-10H,3H2,1-2H3,(H,21,24);2*1H. The summed E-state index contributed by atoms with van der Waals surface area (Å²) in [6, 6.07) is 9.56. The lowest BCUT2D eigenvalue weighted by Gasteiger charge is -2.18. The Hall–Kier alpha value is -2.64. The van der Waals surface area contributed by atoms with Gasteiger partial charge in [0.15, 0.2) is 0 Å². The van der Waals surface area contributed by atoms with Gasteiger partial charge in [-0.05, 0) is 31.2 Å². The van der Waals surface area contributed by atoms with Crippen molar-refractivity contribution in [2.75, 3.05) is 11.9 Å². The fourth-order valence-corrected chi connectivity index (χ4v) is 2.94. The van der Waals surface area contributed by atoms with E-state index in [2.05, 4.69) is 19.9 Å². The van der Waals surface area contributed by atoms with Crippen LogP contribution in [0.3, 0.4) is 0 Å². The molecule has 136 valence electrons. The SMILES string of the molecule is CCn1c(=O)[nH]c2cc3c(N(C)c4ccccn4)ncnc3cc21.Cl.Cl. The van der Waals surface area contributed by atoms with Crippen molar-refractivity contribution in [2.45, 2.75) is 13.5 Å². The molecule has 9 heteroatoms. The summed E-state index contributed by atoms with van der Waals surface area (Å²) in [6.07, 6.45) is 3.27. The van der Waals surface area contributed by atoms with E-state index in [1.807, 2.05) is 49.2 Å². The van der Waals surface area contributed by atoms with Crippen molar-refractivity contribution in [1.82, 2.24) is 24.5 Å². The van der Waals surface area contributed by atoms with Crippen LogP contribution < -0.4 is 10.6 Å². The first-order valence-corrected chi connectivity index (χ1v) is 7.71. The largest absolute Gasteiger partial charge is 0.326 e. The number of aromatic amines is 1. The molecule has 0 atom stereocenters. The second-order valence-corrected chi connectivity index (χ2v) is 5.51. The smallest absolute Gasteiger partial charge is 0.314 e. The van der Waals surface area contributed by atoms with Crippen LogP contribution in [0.15, 0.2) is 47.7 Å². The summed E-state index contributed by atoms with van der Waals surface area (Å²) in [5, 5.41) is 0.864. The highest BCUT2D eigenvalue weighted by Gasteiger charge is 2.14. The maximum atomic E-state index is 12.0. The average molecular weight is 393 g/mol. The third kappa shape index (κ3) is 3.11. The Kier molecular flexibility index (Phi) is 5.84. The van der Waals surface area contributed by atoms with Crippen LogP contribution in [0, 0.1) is 0 Å². The second kappa shape index (κ2) is 7.72. The Morgan fingerprint density at radius 2 is 1.96 bits per heavy atom. The van der Waals surface area contributed by atoms with Crippen LogP contribution in [0.5, 0.6) is 0 Å². The molecule has 0 aliphatic heterocycles. The molecule has 4 rings (SSSR count). The van der Waals surface area contributed by atoms with E-state index < -0.39 is 0 Å². The number of aromatic nitrogens is 5. The fourth-order valence-electron chi connectivity index (χ4n) is 2.94. The number of fused-ring (bicyclic) bond motifs is 2. The van der Waals surface area contributed by atoms with Gasteiger partial charge in [-0.2, -0.15) is 0 Å². The average Bonchev–Trinajstić information content (AvgIpc) is 2.93. The highest BCUT2D eigenvalue weighted by atomic mass is 35.5. The van der Waals surface area contributed by atoms with Crippen LogP contribution in [-0.4, -0.2) is 31.6 Å². The number of benzene rings is 1. The topological polar surface area (TPSA) is 79.7 Å². The molecule has 0 saturated heterocycles. The molecule has 1 N–H and O–H groups in total. The minimum atomic E-state index is -0.115. The monoisotopic (exact) mass is 392 g/mol. The highest BCUT2D eigenvalue weighted by molar-refractivity contribution is 5.99. The number of nitrogens with one attached hydrogen (secondary N) is 1. The van der Waals surface area contributed by atoms with Crippen LogP contribution in [0.4, 0.5) is 11.6 Å². The van der Waals surface area contributed by atoms with E-state index in [1.54, 1.807) is 10.8 Å². The summed E-state index contributed by atoms with van der Waals surface area (Å²) < 4.78 is 1.69. The van der Waals surface area contributed by atoms with E-state index in [4.69, 9.17) is 0 Å². The van der Waals surface area contributed by atoms with Gasteiger partial charge in [-0.25, -0.2) is 19.7 Å². The molecule has 0 aliphatic rings. The molecule has 26 heavy (non-hydrogen) atoms. The highest BCUT2D eigenvalue weighted by Crippen LogP contribution is 2.29. The van der Waals surface area contributed by atoms with Crippen LogP contribution in [0.25, 0.3) is 21.9 Å². The van der Waals surface area contributed by atoms with Gasteiger partial charge in [-0.1, -0.05) is 6.07 Å². The molecule has 0 saturated carbocycles. The lowest BCUT2D eigenvalue weighted by molar-refractivity contribution is 0.753. The number of pyridine rings is 1. The van der Waals surface area contributed by atoms with Crippen molar-refractivity contribution >= 4 is 58.4 Å². The van der Waals surface area contributed by atoms with E-state index in [0.29, 0.717) is 6.54 Å². The van der Waals surface area contributed by atoms with Gasteiger partial charge in [0, 0.05) is 25.2 Å². The summed E-state index contributed by atoms with van der Waals surface area (Å²) in [4.78, 5) is 30.0. The molecule has 0 spiro atoms. The molecule has 0 amide bonds. The third-order valence-electron chi connectivity index (χ3n) is 4.14. The number of H-pyrrole nitrogens is 1. The molecular weight excluding hydrogens is 375 g/mol. The first-order valence-electron chi connectivity index (χ1n) is 7.71. The van der Waals surface area contributed by atoms with Crippen molar-refractivity contribution in [3.05, 3.63) is 53.3 Å². The summed E-state index contributed by atoms with van der Waals surface area (Å²) in [7, 11) is 1.91. The summed E-state index contributed by atoms with van der Waals surface area (Å²) in [6.45, 7) is 2.55. The van der Waals surface area contributed by atoms with Crippen LogP contribution >= 0.6 is 24.8 Å². The molecule has 0 radical (unpaired) electrons. The molecule has 0 unspecified atom stereocenters. The fraction of sp³-hybridized carbons (Fsp3) is 0.176. The van der Waals surface area contributed by atoms with Gasteiger partial charge in [0.1, 0.15) is 18.0 Å². The number of aryl methyl sites for hydroxylation is 1. The van der Waals surface area contributed by atoms with Crippen molar-refractivity contribution in [1.29, 1.82) is 0 Å². The quantitative estimate of drug-likeness (QED) is 0.578. The zero-order valence-corrected chi connectivity index (χ0v) is 15.8. The van der Waals surface area contributed by atoms with Gasteiger partial charge in [-0.3, -0.25) is 4.57 Å².